The van der Waals surface area contributed by atoms with Crippen LogP contribution in [-0.2, 0) is 18.8 Å². The van der Waals surface area contributed by atoms with Gasteiger partial charge in [-0.3, -0.25) is 4.79 Å². The average molecular weight is 298 g/mol. The number of hydrogen-bond donors (Lipinski definition) is 0. The minimum absolute atomic E-state index is 0.160. The molecule has 1 saturated heterocycles. The first kappa shape index (κ1) is 18.5. The van der Waals surface area contributed by atoms with Crippen LogP contribution in [0, 0.1) is 0 Å². The summed E-state index contributed by atoms with van der Waals surface area (Å²) in [6.07, 6.45) is 5.75. The van der Waals surface area contributed by atoms with Gasteiger partial charge in [-0.2, -0.15) is 0 Å². The molecule has 122 valence electrons. The maximum atomic E-state index is 11.4. The van der Waals surface area contributed by atoms with Gasteiger partial charge in [0, 0.05) is 6.42 Å². The molecule has 0 bridgehead atoms. The molecule has 5 heteroatoms. The van der Waals surface area contributed by atoms with E-state index >= 15 is 0 Å². The van der Waals surface area contributed by atoms with Crippen LogP contribution in [0.1, 0.15) is 73.1 Å². The number of ether oxygens (including phenoxy) is 1. The first-order valence-corrected chi connectivity index (χ1v) is 8.16. The smallest absolute Gasteiger partial charge is 0.461 e. The zero-order chi connectivity index (χ0) is 16.1. The molecule has 0 saturated carbocycles. The highest BCUT2D eigenvalue weighted by Gasteiger charge is 2.53. The van der Waals surface area contributed by atoms with Crippen LogP contribution in [0.15, 0.2) is 0 Å². The number of carbonyl (C=O) groups excluding carboxylic acids is 1. The van der Waals surface area contributed by atoms with Crippen LogP contribution in [0.25, 0.3) is 0 Å². The zero-order valence-corrected chi connectivity index (χ0v) is 14.5. The van der Waals surface area contributed by atoms with E-state index in [1.165, 1.54) is 20.0 Å². The van der Waals surface area contributed by atoms with E-state index in [2.05, 4.69) is 34.6 Å². The minimum atomic E-state index is -0.314. The van der Waals surface area contributed by atoms with Crippen molar-refractivity contribution in [2.45, 2.75) is 90.2 Å². The lowest BCUT2D eigenvalue weighted by Crippen LogP contribution is -2.41. The fourth-order valence-corrected chi connectivity index (χ4v) is 2.56. The van der Waals surface area contributed by atoms with Crippen LogP contribution >= 0.6 is 0 Å². The largest absolute Gasteiger partial charge is 0.469 e. The molecule has 0 amide bonds. The Bertz CT molecular complexity index is 325. The molecule has 0 aromatic carbocycles. The Labute approximate surface area is 130 Å². The SMILES string of the molecule is CCCCCC(CCC(=O)OC)B1OC(C)(C)C(C)(C)O1. The zero-order valence-electron chi connectivity index (χ0n) is 14.5. The summed E-state index contributed by atoms with van der Waals surface area (Å²) in [6, 6.07) is 0. The molecule has 0 radical (unpaired) electrons. The van der Waals surface area contributed by atoms with Gasteiger partial charge in [-0.25, -0.2) is 0 Å². The van der Waals surface area contributed by atoms with Gasteiger partial charge in [-0.05, 0) is 39.9 Å². The normalized spacial score (nSPS) is 21.3. The Morgan fingerprint density at radius 1 is 1.10 bits per heavy atom. The van der Waals surface area contributed by atoms with Crippen molar-refractivity contribution in [2.24, 2.45) is 0 Å². The Balaban J connectivity index is 2.65. The van der Waals surface area contributed by atoms with Gasteiger partial charge in [0.15, 0.2) is 0 Å². The number of carbonyl (C=O) groups is 1. The molecule has 0 spiro atoms. The van der Waals surface area contributed by atoms with Gasteiger partial charge in [-0.1, -0.05) is 32.6 Å². The van der Waals surface area contributed by atoms with Crippen LogP contribution in [0.4, 0.5) is 0 Å². The molecule has 21 heavy (non-hydrogen) atoms. The monoisotopic (exact) mass is 298 g/mol. The Kier molecular flexibility index (Phi) is 6.73. The molecular formula is C16H31BO4. The van der Waals surface area contributed by atoms with Crippen LogP contribution in [0.5, 0.6) is 0 Å². The molecule has 0 aliphatic carbocycles. The Morgan fingerprint density at radius 2 is 1.67 bits per heavy atom. The molecule has 1 heterocycles. The molecule has 1 rings (SSSR count). The van der Waals surface area contributed by atoms with Crippen LogP contribution in [0.2, 0.25) is 5.82 Å². The Hall–Kier alpha value is -0.545. The third-order valence-corrected chi connectivity index (χ3v) is 4.78. The number of rotatable bonds is 8. The maximum absolute atomic E-state index is 11.4. The summed E-state index contributed by atoms with van der Waals surface area (Å²) in [4.78, 5) is 11.4. The van der Waals surface area contributed by atoms with Gasteiger partial charge in [0.1, 0.15) is 0 Å². The molecule has 0 aromatic heterocycles. The summed E-state index contributed by atoms with van der Waals surface area (Å²) in [6.45, 7) is 10.5. The summed E-state index contributed by atoms with van der Waals surface area (Å²) in [7, 11) is 1.21. The third-order valence-electron chi connectivity index (χ3n) is 4.78. The van der Waals surface area contributed by atoms with Crippen LogP contribution in [-0.4, -0.2) is 31.4 Å². The quantitative estimate of drug-likeness (QED) is 0.386. The number of unbranched alkanes of at least 4 members (excludes halogenated alkanes) is 2. The second-order valence-corrected chi connectivity index (χ2v) is 7.00. The fourth-order valence-electron chi connectivity index (χ4n) is 2.56. The third kappa shape index (κ3) is 4.99. The second-order valence-electron chi connectivity index (χ2n) is 7.00. The van der Waals surface area contributed by atoms with E-state index in [4.69, 9.17) is 14.0 Å². The number of hydrogen-bond acceptors (Lipinski definition) is 4. The molecule has 1 unspecified atom stereocenters. The summed E-state index contributed by atoms with van der Waals surface area (Å²) in [5.41, 5.74) is -0.627. The van der Waals surface area contributed by atoms with Crippen LogP contribution in [0.3, 0.4) is 0 Å². The van der Waals surface area contributed by atoms with Gasteiger partial charge < -0.3 is 14.0 Å². The standard InChI is InChI=1S/C16H31BO4/c1-7-8-9-10-13(11-12-14(18)19-6)17-20-15(2,3)16(4,5)21-17/h13H,7-12H2,1-6H3. The van der Waals surface area contributed by atoms with Crippen molar-refractivity contribution in [3.8, 4) is 0 Å². The fraction of sp³-hybridized carbons (Fsp3) is 0.938. The van der Waals surface area contributed by atoms with Crippen molar-refractivity contribution in [1.82, 2.24) is 0 Å². The summed E-state index contributed by atoms with van der Waals surface area (Å²) >= 11 is 0. The van der Waals surface area contributed by atoms with Crippen molar-refractivity contribution >= 4 is 13.1 Å². The van der Waals surface area contributed by atoms with Crippen molar-refractivity contribution < 1.29 is 18.8 Å². The highest BCUT2D eigenvalue weighted by Crippen LogP contribution is 2.42. The molecule has 1 aliphatic heterocycles. The lowest BCUT2D eigenvalue weighted by molar-refractivity contribution is -0.140. The van der Waals surface area contributed by atoms with Crippen molar-refractivity contribution in [2.75, 3.05) is 7.11 Å². The van der Waals surface area contributed by atoms with E-state index in [9.17, 15) is 4.79 Å². The molecule has 1 atom stereocenters. The minimum Gasteiger partial charge on any atom is -0.469 e. The van der Waals surface area contributed by atoms with E-state index in [-0.39, 0.29) is 30.1 Å². The van der Waals surface area contributed by atoms with E-state index in [1.54, 1.807) is 0 Å². The summed E-state index contributed by atoms with van der Waals surface area (Å²) in [5, 5.41) is 0. The lowest BCUT2D eigenvalue weighted by Gasteiger charge is -2.32. The maximum Gasteiger partial charge on any atom is 0.461 e. The van der Waals surface area contributed by atoms with Gasteiger partial charge in [0.2, 0.25) is 0 Å². The molecule has 4 nitrogen and oxygen atoms in total. The topological polar surface area (TPSA) is 44.8 Å². The van der Waals surface area contributed by atoms with Crippen molar-refractivity contribution in [3.63, 3.8) is 0 Å². The molecule has 0 aromatic rings. The molecule has 0 N–H and O–H groups in total. The van der Waals surface area contributed by atoms with Gasteiger partial charge in [-0.15, -0.1) is 0 Å². The Morgan fingerprint density at radius 3 is 2.14 bits per heavy atom. The molecule has 1 aliphatic rings. The van der Waals surface area contributed by atoms with Crippen LogP contribution < -0.4 is 0 Å². The van der Waals surface area contributed by atoms with E-state index in [0.717, 1.165) is 19.3 Å². The van der Waals surface area contributed by atoms with E-state index in [1.807, 2.05) is 0 Å². The predicted molar refractivity (Wildman–Crippen MR) is 85.2 cm³/mol. The average Bonchev–Trinajstić information content (AvgIpc) is 2.62. The van der Waals surface area contributed by atoms with Crippen molar-refractivity contribution in [1.29, 1.82) is 0 Å². The lowest BCUT2D eigenvalue weighted by atomic mass is 9.67. The van der Waals surface area contributed by atoms with E-state index in [0.29, 0.717) is 6.42 Å². The summed E-state index contributed by atoms with van der Waals surface area (Å²) in [5.74, 6) is 0.0868. The highest BCUT2D eigenvalue weighted by molar-refractivity contribution is 6.47. The molecule has 1 fully saturated rings. The first-order chi connectivity index (χ1) is 9.73. The summed E-state index contributed by atoms with van der Waals surface area (Å²) < 4.78 is 17.0. The highest BCUT2D eigenvalue weighted by atomic mass is 16.7. The number of methoxy groups -OCH3 is 1. The van der Waals surface area contributed by atoms with Crippen molar-refractivity contribution in [3.05, 3.63) is 0 Å². The molecular weight excluding hydrogens is 267 g/mol. The first-order valence-electron chi connectivity index (χ1n) is 8.16. The predicted octanol–water partition coefficient (Wildman–Crippen LogP) is 3.98. The van der Waals surface area contributed by atoms with Gasteiger partial charge in [0.05, 0.1) is 18.3 Å². The van der Waals surface area contributed by atoms with Gasteiger partial charge in [0.25, 0.3) is 0 Å². The number of esters is 1. The van der Waals surface area contributed by atoms with Gasteiger partial charge >= 0.3 is 13.1 Å². The van der Waals surface area contributed by atoms with E-state index < -0.39 is 0 Å². The second kappa shape index (κ2) is 7.64.